The summed E-state index contributed by atoms with van der Waals surface area (Å²) in [5, 5.41) is 2.77. The first-order chi connectivity index (χ1) is 16.3. The highest BCUT2D eigenvalue weighted by molar-refractivity contribution is 5.80. The minimum atomic E-state index is -0.452. The number of ether oxygens (including phenoxy) is 2. The second-order valence-electron chi connectivity index (χ2n) is 9.53. The molecule has 0 fully saturated rings. The Labute approximate surface area is 203 Å². The highest BCUT2D eigenvalue weighted by atomic mass is 16.6. The van der Waals surface area contributed by atoms with E-state index in [1.54, 1.807) is 7.11 Å². The van der Waals surface area contributed by atoms with E-state index in [1.165, 1.54) is 37.8 Å². The van der Waals surface area contributed by atoms with E-state index in [0.29, 0.717) is 18.0 Å². The normalized spacial score (nSPS) is 11.6. The molecule has 0 aromatic carbocycles. The fourth-order valence-electron chi connectivity index (χ4n) is 3.69. The molecular formula is C27H41N3O4. The number of H-pyrrole nitrogens is 2. The van der Waals surface area contributed by atoms with Gasteiger partial charge in [0, 0.05) is 18.3 Å². The van der Waals surface area contributed by atoms with Crippen molar-refractivity contribution in [2.45, 2.75) is 84.2 Å². The molecule has 0 bridgehead atoms. The molecule has 2 heterocycles. The number of rotatable bonds is 15. The zero-order valence-corrected chi connectivity index (χ0v) is 21.2. The van der Waals surface area contributed by atoms with Gasteiger partial charge in [0.1, 0.15) is 17.0 Å². The van der Waals surface area contributed by atoms with Crippen LogP contribution in [0.1, 0.15) is 88.3 Å². The third-order valence-corrected chi connectivity index (χ3v) is 5.40. The molecule has 0 saturated carbocycles. The number of aryl methyl sites for hydroxylation is 1. The number of carbonyl (C=O) groups excluding carboxylic acids is 2. The van der Waals surface area contributed by atoms with Gasteiger partial charge >= 0.3 is 6.09 Å². The molecule has 0 unspecified atom stereocenters. The zero-order chi connectivity index (χ0) is 24.8. The molecular weight excluding hydrogens is 430 g/mol. The van der Waals surface area contributed by atoms with Crippen LogP contribution in [0.5, 0.6) is 5.75 Å². The van der Waals surface area contributed by atoms with E-state index in [2.05, 4.69) is 33.5 Å². The smallest absolute Gasteiger partial charge is 0.407 e. The fraction of sp³-hybridized carbons (Fsp3) is 0.556. The van der Waals surface area contributed by atoms with Crippen molar-refractivity contribution in [2.75, 3.05) is 13.7 Å². The van der Waals surface area contributed by atoms with Gasteiger partial charge < -0.3 is 24.8 Å². The average molecular weight is 472 g/mol. The molecule has 0 aliphatic carbocycles. The Morgan fingerprint density at radius 3 is 2.35 bits per heavy atom. The molecule has 0 aliphatic heterocycles. The van der Waals surface area contributed by atoms with E-state index in [0.717, 1.165) is 43.4 Å². The van der Waals surface area contributed by atoms with Gasteiger partial charge in [-0.2, -0.15) is 0 Å². The van der Waals surface area contributed by atoms with Crippen molar-refractivity contribution in [3.8, 4) is 17.1 Å². The number of hydrogen-bond donors (Lipinski definition) is 3. The molecule has 0 radical (unpaired) electrons. The van der Waals surface area contributed by atoms with Crippen LogP contribution in [0.4, 0.5) is 4.79 Å². The van der Waals surface area contributed by atoms with Crippen LogP contribution >= 0.6 is 0 Å². The van der Waals surface area contributed by atoms with Crippen LogP contribution in [0, 0.1) is 0 Å². The zero-order valence-electron chi connectivity index (χ0n) is 21.2. The number of alkyl carbamates (subject to hydrolysis) is 1. The molecule has 7 nitrogen and oxygen atoms in total. The summed E-state index contributed by atoms with van der Waals surface area (Å²) >= 11 is 0. The van der Waals surface area contributed by atoms with E-state index in [1.807, 2.05) is 32.9 Å². The molecule has 1 amide bonds. The summed E-state index contributed by atoms with van der Waals surface area (Å²) in [4.78, 5) is 29.1. The molecule has 2 aromatic rings. The first kappa shape index (κ1) is 27.3. The highest BCUT2D eigenvalue weighted by Crippen LogP contribution is 2.26. The lowest BCUT2D eigenvalue weighted by atomic mass is 10.1. The van der Waals surface area contributed by atoms with Crippen LogP contribution in [0.15, 0.2) is 30.4 Å². The minimum absolute atomic E-state index is 0.355. The largest absolute Gasteiger partial charge is 0.494 e. The Kier molecular flexibility index (Phi) is 11.5. The Morgan fingerprint density at radius 2 is 1.68 bits per heavy atom. The van der Waals surface area contributed by atoms with Gasteiger partial charge in [-0.1, -0.05) is 37.8 Å². The number of carbonyl (C=O) groups is 2. The molecule has 0 saturated heterocycles. The van der Waals surface area contributed by atoms with Crippen molar-refractivity contribution in [1.29, 1.82) is 0 Å². The summed E-state index contributed by atoms with van der Waals surface area (Å²) in [5.41, 5.74) is 3.04. The topological polar surface area (TPSA) is 96.2 Å². The second kappa shape index (κ2) is 14.3. The maximum atomic E-state index is 11.5. The van der Waals surface area contributed by atoms with Crippen LogP contribution in [0.2, 0.25) is 0 Å². The first-order valence-electron chi connectivity index (χ1n) is 12.3. The quantitative estimate of drug-likeness (QED) is 0.155. The predicted octanol–water partition coefficient (Wildman–Crippen LogP) is 6.58. The lowest BCUT2D eigenvalue weighted by Gasteiger charge is -2.19. The van der Waals surface area contributed by atoms with Gasteiger partial charge in [0.25, 0.3) is 0 Å². The summed E-state index contributed by atoms with van der Waals surface area (Å²) in [7, 11) is 1.56. The lowest BCUT2D eigenvalue weighted by Crippen LogP contribution is -2.32. The second-order valence-corrected chi connectivity index (χ2v) is 9.53. The van der Waals surface area contributed by atoms with Crippen molar-refractivity contribution < 1.29 is 19.1 Å². The molecule has 0 atom stereocenters. The molecule has 2 aromatic heterocycles. The number of hydrogen-bond acceptors (Lipinski definition) is 4. The monoisotopic (exact) mass is 471 g/mol. The maximum Gasteiger partial charge on any atom is 0.407 e. The average Bonchev–Trinajstić information content (AvgIpc) is 3.42. The molecule has 34 heavy (non-hydrogen) atoms. The highest BCUT2D eigenvalue weighted by Gasteiger charge is 2.15. The summed E-state index contributed by atoms with van der Waals surface area (Å²) < 4.78 is 10.4. The molecule has 188 valence electrons. The molecule has 2 rings (SSSR count). The van der Waals surface area contributed by atoms with Crippen molar-refractivity contribution in [3.05, 3.63) is 41.7 Å². The Bertz CT molecular complexity index is 905. The van der Waals surface area contributed by atoms with E-state index < -0.39 is 5.60 Å². The number of nitrogens with one attached hydrogen (secondary N) is 3. The minimum Gasteiger partial charge on any atom is -0.494 e. The number of aromatic amines is 2. The summed E-state index contributed by atoms with van der Waals surface area (Å²) in [5.74, 6) is 0.562. The molecule has 3 N–H and O–H groups in total. The summed E-state index contributed by atoms with van der Waals surface area (Å²) in [6.07, 6.45) is 15.1. The van der Waals surface area contributed by atoms with Gasteiger partial charge in [0.05, 0.1) is 18.5 Å². The van der Waals surface area contributed by atoms with Gasteiger partial charge in [-0.05, 0) is 65.0 Å². The van der Waals surface area contributed by atoms with Gasteiger partial charge in [0.15, 0.2) is 6.29 Å². The Hall–Kier alpha value is -2.96. The van der Waals surface area contributed by atoms with Crippen LogP contribution in [-0.4, -0.2) is 41.6 Å². The Balaban J connectivity index is 1.48. The summed E-state index contributed by atoms with van der Waals surface area (Å²) in [6, 6.07) is 5.99. The van der Waals surface area contributed by atoms with Gasteiger partial charge in [0.2, 0.25) is 0 Å². The fourth-order valence-corrected chi connectivity index (χ4v) is 3.69. The standard InChI is InChI=1S/C27H41N3O4/c1-27(2,3)34-26(32)28-18-14-12-10-8-6-5-7-9-11-13-15-21-16-17-22(29-21)23-19-25(33-4)24(20-31)30-23/h10,12,16-17,19-20,29-30H,5-9,11,13-15,18H2,1-4H3,(H,28,32). The number of unbranched alkanes of at least 4 members (excludes halogenated alkanes) is 6. The lowest BCUT2D eigenvalue weighted by molar-refractivity contribution is 0.0528. The van der Waals surface area contributed by atoms with Crippen LogP contribution in [0.25, 0.3) is 11.4 Å². The first-order valence-corrected chi connectivity index (χ1v) is 12.3. The predicted molar refractivity (Wildman–Crippen MR) is 137 cm³/mol. The number of amides is 1. The molecule has 7 heteroatoms. The molecule has 0 aliphatic rings. The van der Waals surface area contributed by atoms with Gasteiger partial charge in [-0.25, -0.2) is 4.79 Å². The van der Waals surface area contributed by atoms with E-state index in [9.17, 15) is 9.59 Å². The van der Waals surface area contributed by atoms with Crippen molar-refractivity contribution >= 4 is 12.4 Å². The van der Waals surface area contributed by atoms with Crippen LogP contribution < -0.4 is 10.1 Å². The number of aromatic nitrogens is 2. The number of methoxy groups -OCH3 is 1. The van der Waals surface area contributed by atoms with Gasteiger partial charge in [-0.3, -0.25) is 4.79 Å². The van der Waals surface area contributed by atoms with Gasteiger partial charge in [-0.15, -0.1) is 0 Å². The van der Waals surface area contributed by atoms with E-state index >= 15 is 0 Å². The van der Waals surface area contributed by atoms with Crippen molar-refractivity contribution in [3.63, 3.8) is 0 Å². The van der Waals surface area contributed by atoms with E-state index in [4.69, 9.17) is 9.47 Å². The SMILES string of the molecule is COc1cc(-c2ccc(CCCCCCCCC=CCCNC(=O)OC(C)(C)C)[nH]2)[nH]c1C=O. The van der Waals surface area contributed by atoms with E-state index in [-0.39, 0.29) is 6.09 Å². The third kappa shape index (κ3) is 10.3. The number of allylic oxidation sites excluding steroid dienone is 1. The Morgan fingerprint density at radius 1 is 0.971 bits per heavy atom. The van der Waals surface area contributed by atoms with Crippen molar-refractivity contribution in [1.82, 2.24) is 15.3 Å². The van der Waals surface area contributed by atoms with Crippen LogP contribution in [0.3, 0.4) is 0 Å². The van der Waals surface area contributed by atoms with Crippen molar-refractivity contribution in [2.24, 2.45) is 0 Å². The third-order valence-electron chi connectivity index (χ3n) is 5.40. The maximum absolute atomic E-state index is 11.5. The molecule has 0 spiro atoms. The number of aldehydes is 1. The summed E-state index contributed by atoms with van der Waals surface area (Å²) in [6.45, 7) is 6.19. The van der Waals surface area contributed by atoms with Crippen LogP contribution in [-0.2, 0) is 11.2 Å².